The van der Waals surface area contributed by atoms with Crippen molar-refractivity contribution in [2.75, 3.05) is 25.5 Å². The van der Waals surface area contributed by atoms with Crippen LogP contribution in [-0.4, -0.2) is 42.0 Å². The third-order valence-electron chi connectivity index (χ3n) is 5.44. The molecule has 2 N–H and O–H groups in total. The zero-order valence-corrected chi connectivity index (χ0v) is 16.2. The summed E-state index contributed by atoms with van der Waals surface area (Å²) in [6.07, 6.45) is 5.26. The standard InChI is InChI=1S/C23H25N3O2/c1-16(23(27)25-18-6-5-7-19(14-18)28-2)26-12-10-17(11-13-26)21-15-24-22-9-4-3-8-20(21)22/h3-10,14-16,24H,11-13H2,1-2H3,(H,25,27)/t16-/m1/s1. The van der Waals surface area contributed by atoms with Gasteiger partial charge in [-0.15, -0.1) is 0 Å². The molecule has 1 atom stereocenters. The zero-order valence-electron chi connectivity index (χ0n) is 16.2. The van der Waals surface area contributed by atoms with Crippen molar-refractivity contribution in [2.24, 2.45) is 0 Å². The predicted molar refractivity (Wildman–Crippen MR) is 114 cm³/mol. The van der Waals surface area contributed by atoms with Crippen molar-refractivity contribution >= 4 is 28.1 Å². The number of nitrogens with one attached hydrogen (secondary N) is 2. The Morgan fingerprint density at radius 1 is 1.21 bits per heavy atom. The highest BCUT2D eigenvalue weighted by Gasteiger charge is 2.24. The highest BCUT2D eigenvalue weighted by Crippen LogP contribution is 2.29. The van der Waals surface area contributed by atoms with Gasteiger partial charge in [-0.25, -0.2) is 0 Å². The molecule has 1 aromatic heterocycles. The van der Waals surface area contributed by atoms with Gasteiger partial charge >= 0.3 is 0 Å². The number of fused-ring (bicyclic) bond motifs is 1. The quantitative estimate of drug-likeness (QED) is 0.699. The fourth-order valence-electron chi connectivity index (χ4n) is 3.73. The molecule has 0 saturated heterocycles. The molecule has 28 heavy (non-hydrogen) atoms. The van der Waals surface area contributed by atoms with E-state index in [1.54, 1.807) is 7.11 Å². The second kappa shape index (κ2) is 7.90. The van der Waals surface area contributed by atoms with E-state index in [-0.39, 0.29) is 11.9 Å². The summed E-state index contributed by atoms with van der Waals surface area (Å²) < 4.78 is 5.22. The molecule has 0 spiro atoms. The van der Waals surface area contributed by atoms with Crippen molar-refractivity contribution in [3.05, 3.63) is 66.4 Å². The molecule has 0 bridgehead atoms. The van der Waals surface area contributed by atoms with E-state index in [0.29, 0.717) is 0 Å². The molecule has 0 saturated carbocycles. The number of carbonyl (C=O) groups is 1. The van der Waals surface area contributed by atoms with Gasteiger partial charge in [0, 0.05) is 47.5 Å². The maximum atomic E-state index is 12.7. The van der Waals surface area contributed by atoms with E-state index in [1.807, 2.05) is 37.3 Å². The van der Waals surface area contributed by atoms with Crippen LogP contribution in [0.2, 0.25) is 0 Å². The van der Waals surface area contributed by atoms with Crippen LogP contribution in [-0.2, 0) is 4.79 Å². The lowest BCUT2D eigenvalue weighted by Crippen LogP contribution is -2.44. The van der Waals surface area contributed by atoms with E-state index in [4.69, 9.17) is 4.74 Å². The van der Waals surface area contributed by atoms with E-state index in [0.717, 1.165) is 36.5 Å². The first-order valence-corrected chi connectivity index (χ1v) is 9.60. The summed E-state index contributed by atoms with van der Waals surface area (Å²) >= 11 is 0. The SMILES string of the molecule is COc1cccc(NC(=O)[C@@H](C)N2CC=C(c3c[nH]c4ccccc34)CC2)c1. The second-order valence-corrected chi connectivity index (χ2v) is 7.12. The number of anilines is 1. The molecule has 0 radical (unpaired) electrons. The van der Waals surface area contributed by atoms with Crippen LogP contribution in [0.25, 0.3) is 16.5 Å². The first-order valence-electron chi connectivity index (χ1n) is 9.60. The van der Waals surface area contributed by atoms with Gasteiger partial charge in [-0.05, 0) is 37.1 Å². The van der Waals surface area contributed by atoms with Gasteiger partial charge in [-0.1, -0.05) is 30.3 Å². The van der Waals surface area contributed by atoms with Gasteiger partial charge in [0.1, 0.15) is 5.75 Å². The summed E-state index contributed by atoms with van der Waals surface area (Å²) in [6.45, 7) is 3.58. The molecule has 2 heterocycles. The lowest BCUT2D eigenvalue weighted by molar-refractivity contribution is -0.120. The third-order valence-corrected chi connectivity index (χ3v) is 5.44. The van der Waals surface area contributed by atoms with Gasteiger partial charge < -0.3 is 15.0 Å². The monoisotopic (exact) mass is 375 g/mol. The number of benzene rings is 2. The average Bonchev–Trinajstić information content (AvgIpc) is 3.17. The topological polar surface area (TPSA) is 57.4 Å². The normalized spacial score (nSPS) is 15.9. The molecular formula is C23H25N3O2. The minimum absolute atomic E-state index is 0.00260. The Hall–Kier alpha value is -3.05. The minimum Gasteiger partial charge on any atom is -0.497 e. The summed E-state index contributed by atoms with van der Waals surface area (Å²) in [7, 11) is 1.62. The molecule has 144 valence electrons. The molecule has 2 aromatic carbocycles. The van der Waals surface area contributed by atoms with E-state index in [9.17, 15) is 4.79 Å². The number of hydrogen-bond donors (Lipinski definition) is 2. The van der Waals surface area contributed by atoms with Crippen molar-refractivity contribution in [3.8, 4) is 5.75 Å². The number of para-hydroxylation sites is 1. The first-order chi connectivity index (χ1) is 13.7. The number of nitrogens with zero attached hydrogens (tertiary/aromatic N) is 1. The van der Waals surface area contributed by atoms with Crippen molar-refractivity contribution in [2.45, 2.75) is 19.4 Å². The maximum Gasteiger partial charge on any atom is 0.241 e. The smallest absolute Gasteiger partial charge is 0.241 e. The molecule has 1 aliphatic rings. The van der Waals surface area contributed by atoms with Crippen LogP contribution in [0.1, 0.15) is 18.9 Å². The van der Waals surface area contributed by atoms with E-state index in [1.165, 1.54) is 16.5 Å². The van der Waals surface area contributed by atoms with Crippen LogP contribution >= 0.6 is 0 Å². The molecule has 1 aliphatic heterocycles. The summed E-state index contributed by atoms with van der Waals surface area (Å²) in [5.74, 6) is 0.729. The molecule has 0 aliphatic carbocycles. The lowest BCUT2D eigenvalue weighted by atomic mass is 9.98. The van der Waals surface area contributed by atoms with Gasteiger partial charge in [0.2, 0.25) is 5.91 Å². The number of amides is 1. The Kier molecular flexibility index (Phi) is 5.17. The van der Waals surface area contributed by atoms with E-state index in [2.05, 4.69) is 45.7 Å². The summed E-state index contributed by atoms with van der Waals surface area (Å²) in [5, 5.41) is 4.25. The van der Waals surface area contributed by atoms with Crippen LogP contribution in [0.4, 0.5) is 5.69 Å². The van der Waals surface area contributed by atoms with Crippen LogP contribution < -0.4 is 10.1 Å². The molecule has 5 nitrogen and oxygen atoms in total. The average molecular weight is 375 g/mol. The van der Waals surface area contributed by atoms with Gasteiger partial charge in [0.05, 0.1) is 13.2 Å². The number of hydrogen-bond acceptors (Lipinski definition) is 3. The van der Waals surface area contributed by atoms with Gasteiger partial charge in [-0.2, -0.15) is 0 Å². The van der Waals surface area contributed by atoms with Crippen molar-refractivity contribution in [1.82, 2.24) is 9.88 Å². The number of aromatic amines is 1. The summed E-state index contributed by atoms with van der Waals surface area (Å²) in [4.78, 5) is 18.2. The van der Waals surface area contributed by atoms with Crippen LogP contribution in [0.3, 0.4) is 0 Å². The Morgan fingerprint density at radius 3 is 2.86 bits per heavy atom. The van der Waals surface area contributed by atoms with Crippen molar-refractivity contribution in [3.63, 3.8) is 0 Å². The zero-order chi connectivity index (χ0) is 19.5. The largest absolute Gasteiger partial charge is 0.497 e. The summed E-state index contributed by atoms with van der Waals surface area (Å²) in [5.41, 5.74) is 4.52. The lowest BCUT2D eigenvalue weighted by Gasteiger charge is -2.31. The number of H-pyrrole nitrogens is 1. The second-order valence-electron chi connectivity index (χ2n) is 7.12. The highest BCUT2D eigenvalue weighted by atomic mass is 16.5. The van der Waals surface area contributed by atoms with Gasteiger partial charge in [0.15, 0.2) is 0 Å². The molecule has 0 unspecified atom stereocenters. The van der Waals surface area contributed by atoms with E-state index < -0.39 is 0 Å². The minimum atomic E-state index is -0.202. The predicted octanol–water partition coefficient (Wildman–Crippen LogP) is 4.29. The number of rotatable bonds is 5. The van der Waals surface area contributed by atoms with Crippen LogP contribution in [0.15, 0.2) is 60.8 Å². The fraction of sp³-hybridized carbons (Fsp3) is 0.261. The number of aromatic nitrogens is 1. The number of ether oxygens (including phenoxy) is 1. The van der Waals surface area contributed by atoms with E-state index >= 15 is 0 Å². The number of carbonyl (C=O) groups excluding carboxylic acids is 1. The Labute approximate surface area is 165 Å². The molecule has 1 amide bonds. The molecule has 0 fully saturated rings. The highest BCUT2D eigenvalue weighted by molar-refractivity contribution is 5.95. The molecule has 3 aromatic rings. The van der Waals surface area contributed by atoms with Crippen molar-refractivity contribution in [1.29, 1.82) is 0 Å². The summed E-state index contributed by atoms with van der Waals surface area (Å²) in [6, 6.07) is 15.6. The van der Waals surface area contributed by atoms with Gasteiger partial charge in [-0.3, -0.25) is 9.69 Å². The van der Waals surface area contributed by atoms with Crippen molar-refractivity contribution < 1.29 is 9.53 Å². The van der Waals surface area contributed by atoms with Crippen LogP contribution in [0.5, 0.6) is 5.75 Å². The number of methoxy groups -OCH3 is 1. The maximum absolute atomic E-state index is 12.7. The first kappa shape index (κ1) is 18.3. The molecule has 4 rings (SSSR count). The fourth-order valence-corrected chi connectivity index (χ4v) is 3.73. The molecule has 5 heteroatoms. The Balaban J connectivity index is 1.42. The van der Waals surface area contributed by atoms with Crippen LogP contribution in [0, 0.1) is 0 Å². The Morgan fingerprint density at radius 2 is 2.07 bits per heavy atom. The molecular weight excluding hydrogens is 350 g/mol. The Bertz CT molecular complexity index is 1020. The van der Waals surface area contributed by atoms with Gasteiger partial charge in [0.25, 0.3) is 0 Å². The third kappa shape index (κ3) is 3.66.